The van der Waals surface area contributed by atoms with Gasteiger partial charge in [-0.2, -0.15) is 5.10 Å². The zero-order valence-electron chi connectivity index (χ0n) is 19.0. The normalized spacial score (nSPS) is 10.7. The van der Waals surface area contributed by atoms with E-state index in [9.17, 15) is 14.7 Å². The summed E-state index contributed by atoms with van der Waals surface area (Å²) < 4.78 is 12.3. The van der Waals surface area contributed by atoms with Crippen LogP contribution in [0.25, 0.3) is 0 Å². The molecule has 0 bridgehead atoms. The molecule has 0 aliphatic rings. The highest BCUT2D eigenvalue weighted by atomic mass is 79.9. The van der Waals surface area contributed by atoms with Crippen molar-refractivity contribution >= 4 is 55.6 Å². The fourth-order valence-electron chi connectivity index (χ4n) is 2.93. The summed E-state index contributed by atoms with van der Waals surface area (Å²) >= 11 is 6.47. The number of anilines is 1. The number of aromatic hydroxyl groups is 1. The molecule has 0 aromatic heterocycles. The summed E-state index contributed by atoms with van der Waals surface area (Å²) in [4.78, 5) is 24.6. The van der Waals surface area contributed by atoms with E-state index in [4.69, 9.17) is 9.47 Å². The molecule has 0 radical (unpaired) electrons. The fourth-order valence-corrected chi connectivity index (χ4v) is 4.16. The molecule has 10 heteroatoms. The zero-order chi connectivity index (χ0) is 25.4. The summed E-state index contributed by atoms with van der Waals surface area (Å²) in [5, 5.41) is 16.8. The predicted molar refractivity (Wildman–Crippen MR) is 141 cm³/mol. The number of phenolic OH excluding ortho intramolecular Hbond substituents is 1. The lowest BCUT2D eigenvalue weighted by Crippen LogP contribution is -2.20. The lowest BCUT2D eigenvalue weighted by Gasteiger charge is -2.13. The second kappa shape index (κ2) is 12.4. The maximum absolute atomic E-state index is 12.4. The Labute approximate surface area is 219 Å². The SMILES string of the molecule is CCOc1cc(/C=N\NC(=O)c2cc(Br)cc(Br)c2O)ccc1OCC(=O)Nc1ccc(C)cc1. The highest BCUT2D eigenvalue weighted by molar-refractivity contribution is 9.11. The van der Waals surface area contributed by atoms with Gasteiger partial charge in [-0.05, 0) is 77.8 Å². The number of carbonyl (C=O) groups excluding carboxylic acids is 2. The van der Waals surface area contributed by atoms with Gasteiger partial charge in [0.1, 0.15) is 5.75 Å². The molecule has 0 unspecified atom stereocenters. The second-order valence-corrected chi connectivity index (χ2v) is 9.09. The van der Waals surface area contributed by atoms with Crippen molar-refractivity contribution in [2.24, 2.45) is 5.10 Å². The molecule has 0 saturated carbocycles. The van der Waals surface area contributed by atoms with Gasteiger partial charge in [0.25, 0.3) is 11.8 Å². The van der Waals surface area contributed by atoms with E-state index < -0.39 is 5.91 Å². The molecule has 3 rings (SSSR count). The van der Waals surface area contributed by atoms with Crippen LogP contribution in [0.15, 0.2) is 68.6 Å². The Morgan fingerprint density at radius 2 is 1.77 bits per heavy atom. The molecule has 3 aromatic carbocycles. The minimum absolute atomic E-state index is 0.0612. The number of benzene rings is 3. The first-order valence-electron chi connectivity index (χ1n) is 10.5. The maximum atomic E-state index is 12.4. The van der Waals surface area contributed by atoms with Gasteiger partial charge in [-0.15, -0.1) is 0 Å². The van der Waals surface area contributed by atoms with E-state index in [1.807, 2.05) is 38.1 Å². The molecule has 0 aliphatic heterocycles. The summed E-state index contributed by atoms with van der Waals surface area (Å²) in [6.45, 7) is 4.00. The minimum atomic E-state index is -0.578. The number of hydrazone groups is 1. The van der Waals surface area contributed by atoms with Crippen molar-refractivity contribution in [1.82, 2.24) is 5.43 Å². The Balaban J connectivity index is 1.63. The molecule has 0 aliphatic carbocycles. The van der Waals surface area contributed by atoms with Crippen LogP contribution in [0, 0.1) is 6.92 Å². The number of phenols is 1. The highest BCUT2D eigenvalue weighted by Crippen LogP contribution is 2.31. The van der Waals surface area contributed by atoms with Crippen LogP contribution in [0.1, 0.15) is 28.4 Å². The first-order valence-corrected chi connectivity index (χ1v) is 12.1. The van der Waals surface area contributed by atoms with Gasteiger partial charge in [0.05, 0.1) is 22.9 Å². The van der Waals surface area contributed by atoms with Crippen molar-refractivity contribution in [1.29, 1.82) is 0 Å². The van der Waals surface area contributed by atoms with Crippen molar-refractivity contribution in [2.75, 3.05) is 18.5 Å². The molecule has 35 heavy (non-hydrogen) atoms. The van der Waals surface area contributed by atoms with Gasteiger partial charge in [0.15, 0.2) is 18.1 Å². The van der Waals surface area contributed by atoms with Crippen LogP contribution in [0.2, 0.25) is 0 Å². The zero-order valence-corrected chi connectivity index (χ0v) is 22.1. The van der Waals surface area contributed by atoms with Gasteiger partial charge >= 0.3 is 0 Å². The number of halogens is 2. The predicted octanol–water partition coefficient (Wildman–Crippen LogP) is 5.41. The number of nitrogens with zero attached hydrogens (tertiary/aromatic N) is 1. The van der Waals surface area contributed by atoms with Gasteiger partial charge in [0, 0.05) is 10.2 Å². The lowest BCUT2D eigenvalue weighted by molar-refractivity contribution is -0.118. The average molecular weight is 605 g/mol. The van der Waals surface area contributed by atoms with E-state index in [2.05, 4.69) is 47.7 Å². The van der Waals surface area contributed by atoms with E-state index >= 15 is 0 Å². The van der Waals surface area contributed by atoms with Crippen molar-refractivity contribution in [2.45, 2.75) is 13.8 Å². The van der Waals surface area contributed by atoms with Gasteiger partial charge in [-0.1, -0.05) is 33.6 Å². The number of rotatable bonds is 9. The third-order valence-electron chi connectivity index (χ3n) is 4.61. The third kappa shape index (κ3) is 7.56. The average Bonchev–Trinajstić information content (AvgIpc) is 2.82. The van der Waals surface area contributed by atoms with Crippen LogP contribution in [-0.2, 0) is 4.79 Å². The van der Waals surface area contributed by atoms with E-state index in [1.54, 1.807) is 24.3 Å². The van der Waals surface area contributed by atoms with Crippen LogP contribution < -0.4 is 20.2 Å². The molecular formula is C25H23Br2N3O5. The Kier molecular flexibility index (Phi) is 9.27. The summed E-state index contributed by atoms with van der Waals surface area (Å²) in [6.07, 6.45) is 1.43. The van der Waals surface area contributed by atoms with Gasteiger partial charge in [0.2, 0.25) is 0 Å². The first-order chi connectivity index (χ1) is 16.8. The molecule has 8 nitrogen and oxygen atoms in total. The van der Waals surface area contributed by atoms with Crippen LogP contribution in [0.5, 0.6) is 17.2 Å². The number of nitrogens with one attached hydrogen (secondary N) is 2. The molecule has 3 aromatic rings. The van der Waals surface area contributed by atoms with Gasteiger partial charge in [-0.25, -0.2) is 5.43 Å². The number of ether oxygens (including phenoxy) is 2. The maximum Gasteiger partial charge on any atom is 0.275 e. The summed E-state index contributed by atoms with van der Waals surface area (Å²) in [6, 6.07) is 15.6. The minimum Gasteiger partial charge on any atom is -0.506 e. The standard InChI is InChI=1S/C25H23Br2N3O5/c1-3-34-22-10-16(13-28-30-25(33)19-11-17(26)12-20(27)24(19)32)6-9-21(22)35-14-23(31)29-18-7-4-15(2)5-8-18/h4-13,32H,3,14H2,1-2H3,(H,29,31)(H,30,33)/b28-13-. The lowest BCUT2D eigenvalue weighted by atomic mass is 10.2. The van der Waals surface area contributed by atoms with Crippen LogP contribution in [0.4, 0.5) is 5.69 Å². The van der Waals surface area contributed by atoms with Gasteiger partial charge in [-0.3, -0.25) is 9.59 Å². The van der Waals surface area contributed by atoms with Crippen LogP contribution >= 0.6 is 31.9 Å². The van der Waals surface area contributed by atoms with Crippen LogP contribution in [-0.4, -0.2) is 36.3 Å². The van der Waals surface area contributed by atoms with Crippen LogP contribution in [0.3, 0.4) is 0 Å². The molecular weight excluding hydrogens is 582 g/mol. The number of aryl methyl sites for hydroxylation is 1. The first kappa shape index (κ1) is 26.2. The van der Waals surface area contributed by atoms with Crippen molar-refractivity contribution in [3.8, 4) is 17.2 Å². The second-order valence-electron chi connectivity index (χ2n) is 7.32. The molecule has 0 fully saturated rings. The molecule has 2 amide bonds. The Morgan fingerprint density at radius 3 is 2.49 bits per heavy atom. The molecule has 0 spiro atoms. The summed E-state index contributed by atoms with van der Waals surface area (Å²) in [5.74, 6) is -0.236. The van der Waals surface area contributed by atoms with E-state index in [1.165, 1.54) is 12.3 Å². The molecule has 0 saturated heterocycles. The van der Waals surface area contributed by atoms with Crippen molar-refractivity contribution in [3.63, 3.8) is 0 Å². The largest absolute Gasteiger partial charge is 0.506 e. The number of hydrogen-bond donors (Lipinski definition) is 3. The number of carbonyl (C=O) groups is 2. The highest BCUT2D eigenvalue weighted by Gasteiger charge is 2.14. The summed E-state index contributed by atoms with van der Waals surface area (Å²) in [5.41, 5.74) is 4.86. The van der Waals surface area contributed by atoms with Gasteiger partial charge < -0.3 is 19.9 Å². The fraction of sp³-hybridized carbons (Fsp3) is 0.160. The molecule has 182 valence electrons. The number of hydrogen-bond acceptors (Lipinski definition) is 6. The van der Waals surface area contributed by atoms with Crippen molar-refractivity contribution in [3.05, 3.63) is 80.2 Å². The quantitative estimate of drug-likeness (QED) is 0.224. The van der Waals surface area contributed by atoms with E-state index in [-0.39, 0.29) is 23.8 Å². The van der Waals surface area contributed by atoms with Crippen molar-refractivity contribution < 1.29 is 24.2 Å². The molecule has 3 N–H and O–H groups in total. The Hall–Kier alpha value is -3.37. The topological polar surface area (TPSA) is 109 Å². The Morgan fingerprint density at radius 1 is 1.03 bits per heavy atom. The van der Waals surface area contributed by atoms with E-state index in [0.29, 0.717) is 38.3 Å². The number of amides is 2. The summed E-state index contributed by atoms with van der Waals surface area (Å²) in [7, 11) is 0. The molecule has 0 heterocycles. The third-order valence-corrected chi connectivity index (χ3v) is 5.68. The van der Waals surface area contributed by atoms with E-state index in [0.717, 1.165) is 5.56 Å². The monoisotopic (exact) mass is 603 g/mol. The molecule has 0 atom stereocenters. The Bertz CT molecular complexity index is 1250. The smallest absolute Gasteiger partial charge is 0.275 e.